The molecule has 1 amide bonds. The molecule has 8 heteroatoms. The van der Waals surface area contributed by atoms with Crippen molar-refractivity contribution in [1.82, 2.24) is 19.6 Å². The maximum atomic E-state index is 12.0. The molecule has 0 saturated heterocycles. The van der Waals surface area contributed by atoms with E-state index in [0.717, 1.165) is 12.2 Å². The Hall–Kier alpha value is -2.64. The minimum absolute atomic E-state index is 0.0388. The van der Waals surface area contributed by atoms with Crippen LogP contribution in [0.25, 0.3) is 0 Å². The van der Waals surface area contributed by atoms with Gasteiger partial charge in [0.1, 0.15) is 0 Å². The smallest absolute Gasteiger partial charge is 0.305 e. The molecule has 0 atom stereocenters. The molecule has 0 bridgehead atoms. The zero-order chi connectivity index (χ0) is 15.4. The lowest BCUT2D eigenvalue weighted by Gasteiger charge is -2.00. The molecule has 112 valence electrons. The van der Waals surface area contributed by atoms with Gasteiger partial charge in [0.25, 0.3) is 5.91 Å². The van der Waals surface area contributed by atoms with Crippen LogP contribution >= 0.6 is 0 Å². The van der Waals surface area contributed by atoms with Crippen molar-refractivity contribution in [2.75, 3.05) is 5.32 Å². The molecule has 0 aliphatic carbocycles. The molecule has 2 aromatic rings. The van der Waals surface area contributed by atoms with Gasteiger partial charge < -0.3 is 10.4 Å². The van der Waals surface area contributed by atoms with Gasteiger partial charge in [-0.05, 0) is 19.9 Å². The van der Waals surface area contributed by atoms with E-state index in [1.807, 2.05) is 13.8 Å². The van der Waals surface area contributed by atoms with E-state index in [-0.39, 0.29) is 24.6 Å². The van der Waals surface area contributed by atoms with E-state index >= 15 is 0 Å². The van der Waals surface area contributed by atoms with Crippen LogP contribution in [0.5, 0.6) is 0 Å². The number of hydrogen-bond acceptors (Lipinski definition) is 4. The minimum atomic E-state index is -0.905. The fourth-order valence-electron chi connectivity index (χ4n) is 1.89. The highest BCUT2D eigenvalue weighted by molar-refractivity contribution is 6.02. The second-order valence-electron chi connectivity index (χ2n) is 4.55. The molecule has 2 aromatic heterocycles. The van der Waals surface area contributed by atoms with Crippen LogP contribution in [0.15, 0.2) is 18.3 Å². The normalized spacial score (nSPS) is 10.6. The summed E-state index contributed by atoms with van der Waals surface area (Å²) < 4.78 is 3.21. The van der Waals surface area contributed by atoms with Crippen molar-refractivity contribution in [1.29, 1.82) is 0 Å². The van der Waals surface area contributed by atoms with Crippen molar-refractivity contribution in [3.8, 4) is 0 Å². The molecule has 0 aromatic carbocycles. The van der Waals surface area contributed by atoms with Gasteiger partial charge in [0.2, 0.25) is 0 Å². The number of carboxylic acid groups (broad SMARTS) is 1. The third kappa shape index (κ3) is 3.68. The maximum Gasteiger partial charge on any atom is 0.305 e. The number of carbonyl (C=O) groups excluding carboxylic acids is 1. The van der Waals surface area contributed by atoms with Crippen LogP contribution in [-0.4, -0.2) is 36.5 Å². The number of amides is 1. The first-order chi connectivity index (χ1) is 9.99. The molecule has 2 N–H and O–H groups in total. The van der Waals surface area contributed by atoms with Gasteiger partial charge in [-0.25, -0.2) is 0 Å². The number of anilines is 1. The Labute approximate surface area is 121 Å². The standard InChI is InChI=1S/C13H17N5O3/c1-3-18-9(2)8-11(16-18)14-13(21)10-4-6-17(15-10)7-5-12(19)20/h4,6,8H,3,5,7H2,1-2H3,(H,19,20)(H,14,16,21). The van der Waals surface area contributed by atoms with Crippen LogP contribution in [0.1, 0.15) is 29.5 Å². The second-order valence-corrected chi connectivity index (χ2v) is 4.55. The quantitative estimate of drug-likeness (QED) is 0.830. The topological polar surface area (TPSA) is 102 Å². The molecule has 0 aliphatic rings. The number of rotatable bonds is 6. The SMILES string of the molecule is CCn1nc(NC(=O)c2ccn(CCC(=O)O)n2)cc1C. The second kappa shape index (κ2) is 6.21. The van der Waals surface area contributed by atoms with Crippen molar-refractivity contribution in [3.05, 3.63) is 29.7 Å². The predicted octanol–water partition coefficient (Wildman–Crippen LogP) is 1.13. The lowest BCUT2D eigenvalue weighted by Crippen LogP contribution is -2.14. The van der Waals surface area contributed by atoms with Gasteiger partial charge in [-0.1, -0.05) is 0 Å². The Bertz CT molecular complexity index is 659. The van der Waals surface area contributed by atoms with Gasteiger partial charge in [-0.15, -0.1) is 0 Å². The highest BCUT2D eigenvalue weighted by Gasteiger charge is 2.12. The number of carboxylic acids is 1. The van der Waals surface area contributed by atoms with Crippen molar-refractivity contribution in [2.45, 2.75) is 33.4 Å². The molecule has 8 nitrogen and oxygen atoms in total. The van der Waals surface area contributed by atoms with Gasteiger partial charge in [0, 0.05) is 24.5 Å². The molecule has 21 heavy (non-hydrogen) atoms. The average Bonchev–Trinajstić information content (AvgIpc) is 3.03. The lowest BCUT2D eigenvalue weighted by molar-refractivity contribution is -0.137. The summed E-state index contributed by atoms with van der Waals surface area (Å²) in [7, 11) is 0. The first-order valence-electron chi connectivity index (χ1n) is 6.60. The molecule has 0 spiro atoms. The zero-order valence-corrected chi connectivity index (χ0v) is 11.9. The highest BCUT2D eigenvalue weighted by Crippen LogP contribution is 2.10. The van der Waals surface area contributed by atoms with E-state index in [4.69, 9.17) is 5.11 Å². The molecule has 0 radical (unpaired) electrons. The summed E-state index contributed by atoms with van der Waals surface area (Å²) in [5.41, 5.74) is 1.18. The van der Waals surface area contributed by atoms with E-state index in [2.05, 4.69) is 15.5 Å². The molecule has 0 saturated carbocycles. The van der Waals surface area contributed by atoms with Gasteiger partial charge in [0.15, 0.2) is 11.5 Å². The van der Waals surface area contributed by atoms with E-state index in [0.29, 0.717) is 5.82 Å². The zero-order valence-electron chi connectivity index (χ0n) is 11.9. The Kier molecular flexibility index (Phi) is 4.36. The molecule has 0 fully saturated rings. The predicted molar refractivity (Wildman–Crippen MR) is 75.1 cm³/mol. The highest BCUT2D eigenvalue weighted by atomic mass is 16.4. The van der Waals surface area contributed by atoms with Crippen molar-refractivity contribution in [3.63, 3.8) is 0 Å². The Morgan fingerprint density at radius 3 is 2.76 bits per heavy atom. The number of hydrogen-bond donors (Lipinski definition) is 2. The summed E-state index contributed by atoms with van der Waals surface area (Å²) in [6.07, 6.45) is 1.54. The van der Waals surface area contributed by atoms with Gasteiger partial charge >= 0.3 is 5.97 Å². The monoisotopic (exact) mass is 291 g/mol. The Morgan fingerprint density at radius 1 is 1.38 bits per heavy atom. The third-order valence-corrected chi connectivity index (χ3v) is 2.95. The minimum Gasteiger partial charge on any atom is -0.481 e. The summed E-state index contributed by atoms with van der Waals surface area (Å²) in [4.78, 5) is 22.5. The summed E-state index contributed by atoms with van der Waals surface area (Å²) in [5, 5.41) is 19.5. The number of carbonyl (C=O) groups is 2. The van der Waals surface area contributed by atoms with Crippen LogP contribution < -0.4 is 5.32 Å². The molecule has 2 rings (SSSR count). The van der Waals surface area contributed by atoms with Crippen molar-refractivity contribution >= 4 is 17.7 Å². The maximum absolute atomic E-state index is 12.0. The molecular weight excluding hydrogens is 274 g/mol. The molecule has 2 heterocycles. The van der Waals surface area contributed by atoms with E-state index in [1.165, 1.54) is 4.68 Å². The van der Waals surface area contributed by atoms with Crippen LogP contribution in [0.4, 0.5) is 5.82 Å². The first kappa shape index (κ1) is 14.8. The van der Waals surface area contributed by atoms with Crippen molar-refractivity contribution in [2.24, 2.45) is 0 Å². The van der Waals surface area contributed by atoms with Gasteiger partial charge in [-0.2, -0.15) is 10.2 Å². The van der Waals surface area contributed by atoms with Crippen LogP contribution in [0, 0.1) is 6.92 Å². The lowest BCUT2D eigenvalue weighted by atomic mass is 10.4. The van der Waals surface area contributed by atoms with Crippen LogP contribution in [-0.2, 0) is 17.9 Å². The Morgan fingerprint density at radius 2 is 2.14 bits per heavy atom. The molecule has 0 aliphatic heterocycles. The molecular formula is C13H17N5O3. The number of aromatic nitrogens is 4. The van der Waals surface area contributed by atoms with Crippen LogP contribution in [0.3, 0.4) is 0 Å². The fraction of sp³-hybridized carbons (Fsp3) is 0.385. The number of aliphatic carboxylic acids is 1. The number of nitrogens with one attached hydrogen (secondary N) is 1. The number of nitrogens with zero attached hydrogens (tertiary/aromatic N) is 4. The van der Waals surface area contributed by atoms with Crippen molar-refractivity contribution < 1.29 is 14.7 Å². The third-order valence-electron chi connectivity index (χ3n) is 2.95. The van der Waals surface area contributed by atoms with E-state index in [1.54, 1.807) is 23.0 Å². The summed E-state index contributed by atoms with van der Waals surface area (Å²) >= 11 is 0. The number of aryl methyl sites for hydroxylation is 3. The Balaban J connectivity index is 2.01. The van der Waals surface area contributed by atoms with E-state index in [9.17, 15) is 9.59 Å². The first-order valence-corrected chi connectivity index (χ1v) is 6.60. The summed E-state index contributed by atoms with van der Waals surface area (Å²) in [6, 6.07) is 3.32. The fourth-order valence-corrected chi connectivity index (χ4v) is 1.89. The summed E-state index contributed by atoms with van der Waals surface area (Å²) in [6.45, 7) is 4.83. The molecule has 0 unspecified atom stereocenters. The van der Waals surface area contributed by atoms with Gasteiger partial charge in [0.05, 0.1) is 13.0 Å². The van der Waals surface area contributed by atoms with E-state index < -0.39 is 5.97 Å². The van der Waals surface area contributed by atoms with Gasteiger partial charge in [-0.3, -0.25) is 19.0 Å². The average molecular weight is 291 g/mol. The largest absolute Gasteiger partial charge is 0.481 e. The van der Waals surface area contributed by atoms with Crippen LogP contribution in [0.2, 0.25) is 0 Å². The summed E-state index contributed by atoms with van der Waals surface area (Å²) in [5.74, 6) is -0.804.